The van der Waals surface area contributed by atoms with E-state index >= 15 is 0 Å². The molecule has 0 atom stereocenters. The van der Waals surface area contributed by atoms with Crippen LogP contribution in [0.2, 0.25) is 0 Å². The van der Waals surface area contributed by atoms with Crippen molar-refractivity contribution in [1.29, 1.82) is 0 Å². The third-order valence-corrected chi connectivity index (χ3v) is 3.24. The molecule has 1 aromatic carbocycles. The van der Waals surface area contributed by atoms with Gasteiger partial charge in [-0.05, 0) is 38.0 Å². The molecule has 5 nitrogen and oxygen atoms in total. The van der Waals surface area contributed by atoms with Crippen LogP contribution in [0, 0.1) is 0 Å². The summed E-state index contributed by atoms with van der Waals surface area (Å²) < 4.78 is 0. The van der Waals surface area contributed by atoms with E-state index in [2.05, 4.69) is 5.32 Å². The molecule has 102 valence electrons. The van der Waals surface area contributed by atoms with Crippen molar-refractivity contribution in [2.24, 2.45) is 0 Å². The highest BCUT2D eigenvalue weighted by Crippen LogP contribution is 2.21. The van der Waals surface area contributed by atoms with E-state index < -0.39 is 11.6 Å². The van der Waals surface area contributed by atoms with Crippen molar-refractivity contribution in [3.8, 4) is 0 Å². The van der Waals surface area contributed by atoms with Gasteiger partial charge in [0.15, 0.2) is 0 Å². The van der Waals surface area contributed by atoms with Gasteiger partial charge in [-0.15, -0.1) is 0 Å². The van der Waals surface area contributed by atoms with Crippen LogP contribution in [-0.4, -0.2) is 27.5 Å². The molecule has 2 rings (SSSR count). The Labute approximate surface area is 112 Å². The van der Waals surface area contributed by atoms with Crippen LogP contribution in [0.5, 0.6) is 0 Å². The summed E-state index contributed by atoms with van der Waals surface area (Å²) in [6.07, 6.45) is -0.961. The molecule has 0 fully saturated rings. The van der Waals surface area contributed by atoms with Crippen LogP contribution < -0.4 is 5.32 Å². The van der Waals surface area contributed by atoms with Gasteiger partial charge >= 0.3 is 6.09 Å². The van der Waals surface area contributed by atoms with Crippen LogP contribution in [0.1, 0.15) is 42.3 Å². The number of hydrogen-bond donors (Lipinski definition) is 2. The van der Waals surface area contributed by atoms with Gasteiger partial charge in [0.1, 0.15) is 0 Å². The van der Waals surface area contributed by atoms with Crippen molar-refractivity contribution in [2.45, 2.75) is 39.4 Å². The second kappa shape index (κ2) is 4.57. The van der Waals surface area contributed by atoms with Crippen molar-refractivity contribution < 1.29 is 14.7 Å². The van der Waals surface area contributed by atoms with E-state index in [4.69, 9.17) is 0 Å². The topological polar surface area (TPSA) is 69.6 Å². The van der Waals surface area contributed by atoms with E-state index in [1.165, 1.54) is 4.90 Å². The lowest BCUT2D eigenvalue weighted by Gasteiger charge is -2.33. The minimum absolute atomic E-state index is 0.0884. The van der Waals surface area contributed by atoms with Crippen LogP contribution >= 0.6 is 0 Å². The first-order valence-electron chi connectivity index (χ1n) is 6.19. The molecular formula is C14H18N2O3. The monoisotopic (exact) mass is 262 g/mol. The lowest BCUT2D eigenvalue weighted by Crippen LogP contribution is -2.44. The molecule has 2 amide bonds. The molecule has 0 saturated heterocycles. The zero-order chi connectivity index (χ0) is 14.2. The van der Waals surface area contributed by atoms with E-state index in [1.807, 2.05) is 32.9 Å². The van der Waals surface area contributed by atoms with Crippen LogP contribution in [0.15, 0.2) is 18.2 Å². The van der Waals surface area contributed by atoms with Crippen LogP contribution in [-0.2, 0) is 13.1 Å². The van der Waals surface area contributed by atoms with Gasteiger partial charge in [0.25, 0.3) is 5.91 Å². The Balaban J connectivity index is 2.26. The lowest BCUT2D eigenvalue weighted by atomic mass is 10.0. The SMILES string of the molecule is CC(C)(C)N(Cc1ccc2c(c1)C(=O)NC2)C(=O)O. The number of nitrogens with zero attached hydrogens (tertiary/aromatic N) is 1. The highest BCUT2D eigenvalue weighted by Gasteiger charge is 2.27. The Hall–Kier alpha value is -2.04. The molecule has 1 aliphatic heterocycles. The summed E-state index contributed by atoms with van der Waals surface area (Å²) in [7, 11) is 0. The second-order valence-corrected chi connectivity index (χ2v) is 5.71. The smallest absolute Gasteiger partial charge is 0.408 e. The Kier molecular flexibility index (Phi) is 3.22. The Morgan fingerprint density at radius 1 is 1.42 bits per heavy atom. The maximum absolute atomic E-state index is 11.6. The van der Waals surface area contributed by atoms with E-state index in [1.54, 1.807) is 6.07 Å². The molecule has 2 N–H and O–H groups in total. The third-order valence-electron chi connectivity index (χ3n) is 3.24. The van der Waals surface area contributed by atoms with Gasteiger partial charge in [-0.2, -0.15) is 0 Å². The summed E-state index contributed by atoms with van der Waals surface area (Å²) in [6, 6.07) is 5.53. The molecule has 1 aliphatic rings. The Morgan fingerprint density at radius 3 is 2.68 bits per heavy atom. The average molecular weight is 262 g/mol. The second-order valence-electron chi connectivity index (χ2n) is 5.71. The zero-order valence-electron chi connectivity index (χ0n) is 11.4. The fraction of sp³-hybridized carbons (Fsp3) is 0.429. The summed E-state index contributed by atoms with van der Waals surface area (Å²) in [5, 5.41) is 12.0. The van der Waals surface area contributed by atoms with Gasteiger partial charge in [-0.3, -0.25) is 9.69 Å². The van der Waals surface area contributed by atoms with Gasteiger partial charge in [-0.1, -0.05) is 12.1 Å². The van der Waals surface area contributed by atoms with E-state index in [0.29, 0.717) is 12.1 Å². The van der Waals surface area contributed by atoms with E-state index in [0.717, 1.165) is 11.1 Å². The largest absolute Gasteiger partial charge is 0.465 e. The molecule has 0 spiro atoms. The average Bonchev–Trinajstić information content (AvgIpc) is 2.66. The molecule has 5 heteroatoms. The summed E-state index contributed by atoms with van der Waals surface area (Å²) in [5.41, 5.74) is 1.96. The molecular weight excluding hydrogens is 244 g/mol. The lowest BCUT2D eigenvalue weighted by molar-refractivity contribution is 0.0955. The number of amides is 2. The summed E-state index contributed by atoms with van der Waals surface area (Å²) >= 11 is 0. The van der Waals surface area contributed by atoms with Gasteiger partial charge in [0.05, 0.1) is 0 Å². The third kappa shape index (κ3) is 2.70. The number of carboxylic acid groups (broad SMARTS) is 1. The van der Waals surface area contributed by atoms with Crippen molar-refractivity contribution >= 4 is 12.0 Å². The van der Waals surface area contributed by atoms with Gasteiger partial charge in [-0.25, -0.2) is 4.79 Å². The Morgan fingerprint density at radius 2 is 2.11 bits per heavy atom. The number of benzene rings is 1. The van der Waals surface area contributed by atoms with Crippen LogP contribution in [0.25, 0.3) is 0 Å². The van der Waals surface area contributed by atoms with Crippen LogP contribution in [0.4, 0.5) is 4.79 Å². The highest BCUT2D eigenvalue weighted by atomic mass is 16.4. The quantitative estimate of drug-likeness (QED) is 0.858. The molecule has 0 saturated carbocycles. The zero-order valence-corrected chi connectivity index (χ0v) is 11.4. The molecule has 0 unspecified atom stereocenters. The van der Waals surface area contributed by atoms with Crippen molar-refractivity contribution in [3.63, 3.8) is 0 Å². The standard InChI is InChI=1S/C14H18N2O3/c1-14(2,3)16(13(18)19)8-9-4-5-10-7-15-12(17)11(10)6-9/h4-6H,7-8H2,1-3H3,(H,15,17)(H,18,19). The maximum Gasteiger partial charge on any atom is 0.408 e. The van der Waals surface area contributed by atoms with E-state index in [9.17, 15) is 14.7 Å². The molecule has 0 bridgehead atoms. The molecule has 0 aromatic heterocycles. The molecule has 19 heavy (non-hydrogen) atoms. The fourth-order valence-corrected chi connectivity index (χ4v) is 2.13. The summed E-state index contributed by atoms with van der Waals surface area (Å²) in [5.74, 6) is -0.0884. The van der Waals surface area contributed by atoms with Gasteiger partial charge in [0, 0.05) is 24.2 Å². The number of fused-ring (bicyclic) bond motifs is 1. The number of carbonyl (C=O) groups excluding carboxylic acids is 1. The van der Waals surface area contributed by atoms with E-state index in [-0.39, 0.29) is 12.5 Å². The Bertz CT molecular complexity index is 532. The number of rotatable bonds is 2. The minimum atomic E-state index is -0.961. The fourth-order valence-electron chi connectivity index (χ4n) is 2.13. The summed E-state index contributed by atoms with van der Waals surface area (Å²) in [4.78, 5) is 24.3. The van der Waals surface area contributed by atoms with Crippen LogP contribution in [0.3, 0.4) is 0 Å². The molecule has 0 aliphatic carbocycles. The number of nitrogens with one attached hydrogen (secondary N) is 1. The highest BCUT2D eigenvalue weighted by molar-refractivity contribution is 5.98. The molecule has 1 heterocycles. The molecule has 1 aromatic rings. The predicted molar refractivity (Wildman–Crippen MR) is 70.9 cm³/mol. The number of hydrogen-bond acceptors (Lipinski definition) is 2. The first-order valence-corrected chi connectivity index (χ1v) is 6.19. The minimum Gasteiger partial charge on any atom is -0.465 e. The first-order chi connectivity index (χ1) is 8.79. The van der Waals surface area contributed by atoms with Crippen molar-refractivity contribution in [3.05, 3.63) is 34.9 Å². The van der Waals surface area contributed by atoms with Crippen molar-refractivity contribution in [1.82, 2.24) is 10.2 Å². The maximum atomic E-state index is 11.6. The number of carbonyl (C=O) groups is 2. The normalized spacial score (nSPS) is 13.9. The van der Waals surface area contributed by atoms with Gasteiger partial charge < -0.3 is 10.4 Å². The predicted octanol–water partition coefficient (Wildman–Crippen LogP) is 2.21. The molecule has 0 radical (unpaired) electrons. The van der Waals surface area contributed by atoms with Crippen molar-refractivity contribution in [2.75, 3.05) is 0 Å². The van der Waals surface area contributed by atoms with Gasteiger partial charge in [0.2, 0.25) is 0 Å². The first kappa shape index (κ1) is 13.4. The summed E-state index contributed by atoms with van der Waals surface area (Å²) in [6.45, 7) is 6.37.